The number of carboxylic acid groups (broad SMARTS) is 1. The third-order valence-corrected chi connectivity index (χ3v) is 12.3. The van der Waals surface area contributed by atoms with E-state index in [-0.39, 0.29) is 48.1 Å². The standard InChI is InChI=1S/C41H38N2O9S2/c1-4-10-36(44)41(40(45)46)23-25(17-19-31-28-13-7-11-27-12-8-16-33(37(27)28)42(31)5-2)21-26(24-41)18-20-32-29-14-9-15-30-34(53(47,48)49)22-35(54(50,51)52)39(38(29)30)43(32)6-3/h7-9,11-22H,4-6,10,23-24H2,1-3H3,(H2-,45,46,47,48,49,50,51,52)/p+1. The Balaban J connectivity index is 1.42. The van der Waals surface area contributed by atoms with Gasteiger partial charge >= 0.3 is 16.1 Å². The van der Waals surface area contributed by atoms with Gasteiger partial charge in [0.15, 0.2) is 10.7 Å². The second-order valence-electron chi connectivity index (χ2n) is 13.7. The van der Waals surface area contributed by atoms with Gasteiger partial charge in [-0.25, -0.2) is 0 Å². The molecule has 1 aliphatic carbocycles. The predicted octanol–water partition coefficient (Wildman–Crippen LogP) is 6.77. The number of Topliss-reactive ketones (excluding diaryl/α,β-unsaturated/α-hetero) is 1. The van der Waals surface area contributed by atoms with Crippen molar-refractivity contribution in [3.63, 3.8) is 0 Å². The Morgan fingerprint density at radius 1 is 0.852 bits per heavy atom. The minimum Gasteiger partial charge on any atom is -0.480 e. The normalized spacial score (nSPS) is 18.9. The first-order valence-electron chi connectivity index (χ1n) is 17.7. The third kappa shape index (κ3) is 6.01. The van der Waals surface area contributed by atoms with Gasteiger partial charge in [-0.1, -0.05) is 67.6 Å². The van der Waals surface area contributed by atoms with Crippen LogP contribution in [-0.2, 0) is 36.4 Å². The van der Waals surface area contributed by atoms with Crippen LogP contribution in [0.25, 0.3) is 38.5 Å². The summed E-state index contributed by atoms with van der Waals surface area (Å²) in [6, 6.07) is 17.7. The Morgan fingerprint density at radius 3 is 2.19 bits per heavy atom. The van der Waals surface area contributed by atoms with Crippen LogP contribution in [-0.4, -0.2) is 64.2 Å². The Morgan fingerprint density at radius 2 is 1.54 bits per heavy atom. The molecule has 0 spiro atoms. The second kappa shape index (κ2) is 13.6. The lowest BCUT2D eigenvalue weighted by molar-refractivity contribution is -0.433. The minimum absolute atomic E-state index is 0.00983. The van der Waals surface area contributed by atoms with Crippen LogP contribution >= 0.6 is 0 Å². The smallest absolute Gasteiger partial charge is 0.317 e. The Bertz CT molecular complexity index is 2860. The van der Waals surface area contributed by atoms with Gasteiger partial charge in [-0.05, 0) is 73.9 Å². The Labute approximate surface area is 312 Å². The molecule has 0 bridgehead atoms. The summed E-state index contributed by atoms with van der Waals surface area (Å²) < 4.78 is 74.2. The van der Waals surface area contributed by atoms with E-state index in [9.17, 15) is 40.6 Å². The SMILES string of the molecule is CCCC(=O)C1(C(=O)O)CC(/C=C/C2=[N+](CC)c3c(S(=O)(=O)O)cc(S(=O)(=O)O)c4cccc2c34)=CC(=C/C=c2c3cccc4cccc(c43)n2CC)/C1. The zero-order valence-corrected chi connectivity index (χ0v) is 31.5. The Kier molecular flexibility index (Phi) is 9.33. The molecule has 0 saturated heterocycles. The van der Waals surface area contributed by atoms with E-state index in [1.807, 2.05) is 37.3 Å². The number of allylic oxidation sites excluding steroid dienone is 6. The highest BCUT2D eigenvalue weighted by Crippen LogP contribution is 2.45. The summed E-state index contributed by atoms with van der Waals surface area (Å²) in [7, 11) is -9.87. The lowest BCUT2D eigenvalue weighted by Crippen LogP contribution is -2.41. The summed E-state index contributed by atoms with van der Waals surface area (Å²) in [6.07, 6.45) is 9.56. The van der Waals surface area contributed by atoms with Gasteiger partial charge in [0.2, 0.25) is 11.4 Å². The molecule has 54 heavy (non-hydrogen) atoms. The van der Waals surface area contributed by atoms with Crippen LogP contribution in [0.15, 0.2) is 106 Å². The number of rotatable bonds is 11. The highest BCUT2D eigenvalue weighted by molar-refractivity contribution is 7.87. The van der Waals surface area contributed by atoms with Crippen LogP contribution in [0.2, 0.25) is 0 Å². The molecule has 11 nitrogen and oxygen atoms in total. The fourth-order valence-electron chi connectivity index (χ4n) is 8.24. The van der Waals surface area contributed by atoms with E-state index in [1.165, 1.54) is 6.07 Å². The number of carbonyl (C=O) groups is 2. The number of carboxylic acids is 1. The lowest BCUT2D eigenvalue weighted by Gasteiger charge is -2.32. The fourth-order valence-corrected chi connectivity index (χ4v) is 9.75. The van der Waals surface area contributed by atoms with E-state index in [1.54, 1.807) is 35.8 Å². The van der Waals surface area contributed by atoms with E-state index >= 15 is 0 Å². The fraction of sp³-hybridized carbons (Fsp3) is 0.244. The van der Waals surface area contributed by atoms with E-state index in [0.717, 1.165) is 33.1 Å². The molecular weight excluding hydrogens is 729 g/mol. The molecule has 0 fully saturated rings. The van der Waals surface area contributed by atoms with Gasteiger partial charge in [0.1, 0.15) is 16.9 Å². The van der Waals surface area contributed by atoms with Gasteiger partial charge in [-0.2, -0.15) is 21.4 Å². The number of nitrogens with zero attached hydrogens (tertiary/aromatic N) is 2. The molecule has 1 unspecified atom stereocenters. The van der Waals surface area contributed by atoms with Crippen LogP contribution in [0.5, 0.6) is 0 Å². The van der Waals surface area contributed by atoms with Crippen molar-refractivity contribution in [3.05, 3.63) is 107 Å². The number of benzene rings is 4. The van der Waals surface area contributed by atoms with Gasteiger partial charge < -0.3 is 9.67 Å². The van der Waals surface area contributed by atoms with Crippen molar-refractivity contribution in [2.75, 3.05) is 6.54 Å². The molecule has 5 aromatic rings. The number of hydrogen-bond donors (Lipinski definition) is 3. The third-order valence-electron chi connectivity index (χ3n) is 10.5. The molecule has 0 saturated carbocycles. The van der Waals surface area contributed by atoms with Crippen molar-refractivity contribution in [1.29, 1.82) is 0 Å². The molecule has 3 N–H and O–H groups in total. The summed E-state index contributed by atoms with van der Waals surface area (Å²) in [6.45, 7) is 6.55. The van der Waals surface area contributed by atoms with Crippen molar-refractivity contribution < 1.29 is 45.2 Å². The van der Waals surface area contributed by atoms with Crippen molar-refractivity contribution in [3.8, 4) is 0 Å². The highest BCUT2D eigenvalue weighted by atomic mass is 32.2. The van der Waals surface area contributed by atoms with Crippen LogP contribution in [0.4, 0.5) is 5.69 Å². The van der Waals surface area contributed by atoms with Gasteiger partial charge in [0.05, 0.1) is 10.9 Å². The van der Waals surface area contributed by atoms with Gasteiger partial charge in [-0.3, -0.25) is 18.7 Å². The molecule has 1 aromatic heterocycles. The largest absolute Gasteiger partial charge is 0.480 e. The van der Waals surface area contributed by atoms with E-state index < -0.39 is 41.4 Å². The summed E-state index contributed by atoms with van der Waals surface area (Å²) in [5, 5.41) is 15.2. The van der Waals surface area contributed by atoms with Crippen LogP contribution in [0.3, 0.4) is 0 Å². The number of aliphatic carboxylic acids is 1. The highest BCUT2D eigenvalue weighted by Gasteiger charge is 2.47. The first kappa shape index (κ1) is 37.1. The Hall–Kier alpha value is -5.21. The van der Waals surface area contributed by atoms with Crippen molar-refractivity contribution in [2.24, 2.45) is 5.41 Å². The molecule has 0 radical (unpaired) electrons. The van der Waals surface area contributed by atoms with Gasteiger partial charge in [0.25, 0.3) is 10.1 Å². The minimum atomic E-state index is -4.97. The van der Waals surface area contributed by atoms with Crippen molar-refractivity contribution in [2.45, 2.75) is 62.8 Å². The molecule has 278 valence electrons. The van der Waals surface area contributed by atoms with Gasteiger partial charge in [0, 0.05) is 46.1 Å². The molecular formula is C41H39N2O9S2+. The molecule has 2 aliphatic rings. The van der Waals surface area contributed by atoms with Crippen LogP contribution in [0, 0.1) is 5.41 Å². The topological polar surface area (TPSA) is 171 Å². The monoisotopic (exact) mass is 767 g/mol. The number of aromatic nitrogens is 1. The quantitative estimate of drug-likeness (QED) is 0.0746. The average Bonchev–Trinajstić information content (AvgIpc) is 3.62. The molecule has 4 aromatic carbocycles. The van der Waals surface area contributed by atoms with Crippen molar-refractivity contribution in [1.82, 2.24) is 4.57 Å². The zero-order valence-electron chi connectivity index (χ0n) is 29.9. The number of carbonyl (C=O) groups excluding carboxylic acids is 1. The predicted molar refractivity (Wildman–Crippen MR) is 207 cm³/mol. The van der Waals surface area contributed by atoms with E-state index in [0.29, 0.717) is 35.4 Å². The molecule has 1 atom stereocenters. The summed E-state index contributed by atoms with van der Waals surface area (Å²) in [5.74, 6) is -1.59. The first-order chi connectivity index (χ1) is 25.6. The molecule has 13 heteroatoms. The summed E-state index contributed by atoms with van der Waals surface area (Å²) in [5.41, 5.74) is 1.48. The second-order valence-corrected chi connectivity index (χ2v) is 16.5. The first-order valence-corrected chi connectivity index (χ1v) is 20.6. The van der Waals surface area contributed by atoms with Crippen LogP contribution in [0.1, 0.15) is 52.0 Å². The number of ketones is 1. The average molecular weight is 768 g/mol. The van der Waals surface area contributed by atoms with Gasteiger partial charge in [-0.15, -0.1) is 0 Å². The van der Waals surface area contributed by atoms with E-state index in [4.69, 9.17) is 0 Å². The molecule has 1 aliphatic heterocycles. The molecule has 0 amide bonds. The van der Waals surface area contributed by atoms with Crippen LogP contribution < -0.4 is 5.35 Å². The maximum atomic E-state index is 13.7. The van der Waals surface area contributed by atoms with Crippen molar-refractivity contribution >= 4 is 81.9 Å². The lowest BCUT2D eigenvalue weighted by atomic mass is 9.68. The molecule has 2 heterocycles. The molecule has 7 rings (SSSR count). The van der Waals surface area contributed by atoms with E-state index in [2.05, 4.69) is 35.8 Å². The maximum absolute atomic E-state index is 13.7. The zero-order chi connectivity index (χ0) is 38.7. The number of aryl methyl sites for hydroxylation is 1. The number of hydrogen-bond acceptors (Lipinski definition) is 6. The summed E-state index contributed by atoms with van der Waals surface area (Å²) >= 11 is 0. The maximum Gasteiger partial charge on any atom is 0.317 e. The summed E-state index contributed by atoms with van der Waals surface area (Å²) in [4.78, 5) is 25.5.